The molecule has 0 unspecified atom stereocenters. The van der Waals surface area contributed by atoms with Crippen molar-refractivity contribution in [3.8, 4) is 0 Å². The van der Waals surface area contributed by atoms with Crippen LogP contribution in [0.25, 0.3) is 0 Å². The Bertz CT molecular complexity index is 259. The molecule has 0 aromatic rings. The number of rotatable bonds is 2. The molecule has 0 N–H and O–H groups in total. The summed E-state index contributed by atoms with van der Waals surface area (Å²) in [5.41, 5.74) is 0. The van der Waals surface area contributed by atoms with Gasteiger partial charge in [-0.1, -0.05) is 13.8 Å². The minimum Gasteiger partial charge on any atom is -0.213 e. The van der Waals surface area contributed by atoms with E-state index < -0.39 is 10.0 Å². The quantitative estimate of drug-likeness (QED) is 0.663. The molecule has 0 spiro atoms. The molecule has 0 radical (unpaired) electrons. The fraction of sp³-hybridized carbons (Fsp3) is 0.800. The Hall–Kier alpha value is -0.350. The minimum atomic E-state index is -2.94. The Morgan fingerprint density at radius 1 is 1.36 bits per heavy atom. The highest BCUT2D eigenvalue weighted by molar-refractivity contribution is 7.88. The van der Waals surface area contributed by atoms with E-state index in [0.717, 1.165) is 13.0 Å². The summed E-state index contributed by atoms with van der Waals surface area (Å²) in [4.78, 5) is 0. The normalized spacial score (nSPS) is 23.3. The Labute approximate surface area is 87.9 Å². The molecule has 84 valence electrons. The average Bonchev–Trinajstić information content (AvgIpc) is 2.54. The lowest BCUT2D eigenvalue weighted by Crippen LogP contribution is -2.28. The first kappa shape index (κ1) is 13.7. The molecule has 1 atom stereocenters. The molecule has 0 aromatic heterocycles. The molecular weight excluding hydrogens is 198 g/mol. The van der Waals surface area contributed by atoms with Crippen molar-refractivity contribution in [2.75, 3.05) is 19.3 Å². The summed E-state index contributed by atoms with van der Waals surface area (Å²) in [7, 11) is -2.94. The first-order valence-electron chi connectivity index (χ1n) is 4.86. The van der Waals surface area contributed by atoms with Gasteiger partial charge in [0.1, 0.15) is 0 Å². The van der Waals surface area contributed by atoms with Gasteiger partial charge >= 0.3 is 0 Å². The minimum absolute atomic E-state index is 0.555. The van der Waals surface area contributed by atoms with Gasteiger partial charge in [0.05, 0.1) is 6.26 Å². The van der Waals surface area contributed by atoms with Gasteiger partial charge in [-0.15, -0.1) is 13.2 Å². The maximum atomic E-state index is 11.1. The van der Waals surface area contributed by atoms with Crippen molar-refractivity contribution >= 4 is 10.0 Å². The lowest BCUT2D eigenvalue weighted by Gasteiger charge is -2.15. The third-order valence-electron chi connectivity index (χ3n) is 2.60. The third-order valence-corrected chi connectivity index (χ3v) is 3.87. The third kappa shape index (κ3) is 3.80. The van der Waals surface area contributed by atoms with Crippen molar-refractivity contribution in [1.82, 2.24) is 4.31 Å². The van der Waals surface area contributed by atoms with Crippen LogP contribution in [-0.4, -0.2) is 32.1 Å². The molecule has 1 aliphatic heterocycles. The molecule has 4 heteroatoms. The van der Waals surface area contributed by atoms with Gasteiger partial charge in [0.2, 0.25) is 10.0 Å². The molecule has 0 amide bonds. The number of hydrogen-bond donors (Lipinski definition) is 0. The van der Waals surface area contributed by atoms with Crippen LogP contribution >= 0.6 is 0 Å². The van der Waals surface area contributed by atoms with Crippen LogP contribution in [0, 0.1) is 11.8 Å². The average molecular weight is 219 g/mol. The Morgan fingerprint density at radius 2 is 1.86 bits per heavy atom. The molecule has 1 saturated heterocycles. The lowest BCUT2D eigenvalue weighted by molar-refractivity contribution is 0.390. The predicted molar refractivity (Wildman–Crippen MR) is 60.6 cm³/mol. The van der Waals surface area contributed by atoms with E-state index in [9.17, 15) is 8.42 Å². The van der Waals surface area contributed by atoms with Crippen LogP contribution < -0.4 is 0 Å². The van der Waals surface area contributed by atoms with Gasteiger partial charge in [-0.05, 0) is 18.3 Å². The Balaban J connectivity index is 0.000000791. The van der Waals surface area contributed by atoms with E-state index in [-0.39, 0.29) is 0 Å². The van der Waals surface area contributed by atoms with E-state index in [2.05, 4.69) is 27.0 Å². The SMILES string of the molecule is C=C.CC(C)[C@H]1CCN(S(C)(=O)=O)C1. The van der Waals surface area contributed by atoms with Gasteiger partial charge in [0.25, 0.3) is 0 Å². The van der Waals surface area contributed by atoms with Gasteiger partial charge in [0, 0.05) is 13.1 Å². The van der Waals surface area contributed by atoms with Gasteiger partial charge in [-0.3, -0.25) is 0 Å². The van der Waals surface area contributed by atoms with E-state index >= 15 is 0 Å². The summed E-state index contributed by atoms with van der Waals surface area (Å²) >= 11 is 0. The smallest absolute Gasteiger partial charge is 0.211 e. The van der Waals surface area contributed by atoms with Crippen molar-refractivity contribution in [2.45, 2.75) is 20.3 Å². The Morgan fingerprint density at radius 3 is 2.07 bits per heavy atom. The molecule has 1 heterocycles. The summed E-state index contributed by atoms with van der Waals surface area (Å²) in [6.07, 6.45) is 2.31. The van der Waals surface area contributed by atoms with Gasteiger partial charge in [-0.2, -0.15) is 0 Å². The lowest BCUT2D eigenvalue weighted by atomic mass is 9.96. The van der Waals surface area contributed by atoms with Crippen LogP contribution in [0.2, 0.25) is 0 Å². The van der Waals surface area contributed by atoms with Crippen LogP contribution in [0.15, 0.2) is 13.2 Å². The van der Waals surface area contributed by atoms with Crippen molar-refractivity contribution in [3.63, 3.8) is 0 Å². The molecule has 3 nitrogen and oxygen atoms in total. The summed E-state index contributed by atoms with van der Waals surface area (Å²) < 4.78 is 23.8. The standard InChI is InChI=1S/C8H17NO2S.C2H4/c1-7(2)8-4-5-9(6-8)12(3,10)11;1-2/h7-8H,4-6H2,1-3H3;1-2H2/t8-;/m0./s1. The van der Waals surface area contributed by atoms with Gasteiger partial charge in [0.15, 0.2) is 0 Å². The molecule has 1 rings (SSSR count). The van der Waals surface area contributed by atoms with E-state index in [0.29, 0.717) is 18.4 Å². The van der Waals surface area contributed by atoms with Crippen LogP contribution in [-0.2, 0) is 10.0 Å². The second-order valence-electron chi connectivity index (χ2n) is 3.91. The second kappa shape index (κ2) is 5.51. The monoisotopic (exact) mass is 219 g/mol. The summed E-state index contributed by atoms with van der Waals surface area (Å²) in [5.74, 6) is 1.15. The maximum Gasteiger partial charge on any atom is 0.211 e. The van der Waals surface area contributed by atoms with Crippen LogP contribution in [0.3, 0.4) is 0 Å². The first-order valence-corrected chi connectivity index (χ1v) is 6.71. The zero-order valence-electron chi connectivity index (χ0n) is 9.36. The van der Waals surface area contributed by atoms with E-state index in [1.54, 1.807) is 4.31 Å². The van der Waals surface area contributed by atoms with Crippen molar-refractivity contribution in [1.29, 1.82) is 0 Å². The largest absolute Gasteiger partial charge is 0.213 e. The summed E-state index contributed by atoms with van der Waals surface area (Å²) in [6.45, 7) is 11.7. The highest BCUT2D eigenvalue weighted by Gasteiger charge is 2.29. The highest BCUT2D eigenvalue weighted by Crippen LogP contribution is 2.24. The topological polar surface area (TPSA) is 37.4 Å². The summed E-state index contributed by atoms with van der Waals surface area (Å²) in [5, 5.41) is 0. The van der Waals surface area contributed by atoms with Gasteiger partial charge in [-0.25, -0.2) is 12.7 Å². The molecule has 0 aromatic carbocycles. The van der Waals surface area contributed by atoms with Crippen LogP contribution in [0.1, 0.15) is 20.3 Å². The molecule has 0 saturated carbocycles. The van der Waals surface area contributed by atoms with Crippen molar-refractivity contribution in [2.24, 2.45) is 11.8 Å². The second-order valence-corrected chi connectivity index (χ2v) is 5.90. The fourth-order valence-corrected chi connectivity index (χ4v) is 2.50. The zero-order valence-corrected chi connectivity index (χ0v) is 10.2. The van der Waals surface area contributed by atoms with Crippen molar-refractivity contribution in [3.05, 3.63) is 13.2 Å². The molecule has 0 aliphatic carbocycles. The van der Waals surface area contributed by atoms with Crippen LogP contribution in [0.5, 0.6) is 0 Å². The zero-order chi connectivity index (χ0) is 11.4. The molecule has 1 aliphatic rings. The number of sulfonamides is 1. The number of hydrogen-bond acceptors (Lipinski definition) is 2. The van der Waals surface area contributed by atoms with E-state index in [4.69, 9.17) is 0 Å². The summed E-state index contributed by atoms with van der Waals surface area (Å²) in [6, 6.07) is 0. The maximum absolute atomic E-state index is 11.1. The van der Waals surface area contributed by atoms with Crippen molar-refractivity contribution < 1.29 is 8.42 Å². The molecular formula is C10H21NO2S. The Kier molecular flexibility index (Phi) is 5.37. The molecule has 1 fully saturated rings. The highest BCUT2D eigenvalue weighted by atomic mass is 32.2. The molecule has 14 heavy (non-hydrogen) atoms. The van der Waals surface area contributed by atoms with E-state index in [1.807, 2.05) is 0 Å². The number of nitrogens with zero attached hydrogens (tertiary/aromatic N) is 1. The van der Waals surface area contributed by atoms with Crippen LogP contribution in [0.4, 0.5) is 0 Å². The fourth-order valence-electron chi connectivity index (χ4n) is 1.60. The van der Waals surface area contributed by atoms with E-state index in [1.165, 1.54) is 6.26 Å². The predicted octanol–water partition coefficient (Wildman–Crippen LogP) is 1.73. The van der Waals surface area contributed by atoms with Gasteiger partial charge < -0.3 is 0 Å². The molecule has 0 bridgehead atoms. The first-order chi connectivity index (χ1) is 6.41.